The van der Waals surface area contributed by atoms with Crippen molar-refractivity contribution in [2.24, 2.45) is 28.6 Å². The van der Waals surface area contributed by atoms with Crippen LogP contribution in [0.3, 0.4) is 0 Å². The van der Waals surface area contributed by atoms with Crippen LogP contribution in [0.1, 0.15) is 72.1 Å². The highest BCUT2D eigenvalue weighted by molar-refractivity contribution is 7.80. The molecule has 4 rings (SSSR count). The average Bonchev–Trinajstić information content (AvgIpc) is 2.86. The number of Topliss-reactive ketones (excluding diaryl/α,β-unsaturated/α-hetero) is 1. The second-order valence-electron chi connectivity index (χ2n) is 10.1. The van der Waals surface area contributed by atoms with Crippen LogP contribution in [0.4, 0.5) is 0 Å². The lowest BCUT2D eigenvalue weighted by Gasteiger charge is -2.61. The molecule has 0 radical (unpaired) electrons. The zero-order chi connectivity index (χ0) is 20.5. The molecule has 0 spiro atoms. The third-order valence-electron chi connectivity index (χ3n) is 9.00. The fourth-order valence-electron chi connectivity index (χ4n) is 7.50. The number of hydrogen-bond donors (Lipinski definition) is 2. The molecule has 3 fully saturated rings. The van der Waals surface area contributed by atoms with Gasteiger partial charge in [0.2, 0.25) is 0 Å². The quantitative estimate of drug-likeness (QED) is 0.544. The van der Waals surface area contributed by atoms with Gasteiger partial charge in [0.05, 0.1) is 11.7 Å². The van der Waals surface area contributed by atoms with Crippen LogP contribution < -0.4 is 0 Å². The summed E-state index contributed by atoms with van der Waals surface area (Å²) < 4.78 is 36.1. The highest BCUT2D eigenvalue weighted by atomic mass is 32.3. The second-order valence-corrected chi connectivity index (χ2v) is 11.1. The molecule has 158 valence electrons. The molecule has 28 heavy (non-hydrogen) atoms. The number of allylic oxidation sites excluding steroid dienone is 1. The fourth-order valence-corrected chi connectivity index (χ4v) is 8.01. The van der Waals surface area contributed by atoms with Gasteiger partial charge in [0.15, 0.2) is 0 Å². The van der Waals surface area contributed by atoms with Gasteiger partial charge in [0.25, 0.3) is 0 Å². The van der Waals surface area contributed by atoms with Gasteiger partial charge in [0.1, 0.15) is 5.78 Å². The van der Waals surface area contributed by atoms with Crippen molar-refractivity contribution in [2.45, 2.75) is 83.8 Å². The van der Waals surface area contributed by atoms with Gasteiger partial charge in [-0.05, 0) is 75.5 Å². The van der Waals surface area contributed by atoms with Crippen LogP contribution in [0.2, 0.25) is 0 Å². The molecule has 7 unspecified atom stereocenters. The standard InChI is InChI=1S/C21H32O6S/c1-13(22)16-8-11-21(23)18-5-4-14-12-15(27-28(24,25)26)6-9-19(14,2)17(18)7-10-20(16,21)3/h4,15-18,23H,5-12H2,1-3H3,(H,24,25,26). The van der Waals surface area contributed by atoms with Gasteiger partial charge in [0, 0.05) is 11.3 Å². The Kier molecular flexibility index (Phi) is 4.66. The van der Waals surface area contributed by atoms with Crippen LogP contribution in [0.15, 0.2) is 11.6 Å². The van der Waals surface area contributed by atoms with E-state index in [1.807, 2.05) is 0 Å². The monoisotopic (exact) mass is 412 g/mol. The van der Waals surface area contributed by atoms with Crippen molar-refractivity contribution in [3.63, 3.8) is 0 Å². The van der Waals surface area contributed by atoms with Crippen LogP contribution in [-0.2, 0) is 19.4 Å². The molecular formula is C21H32O6S. The smallest absolute Gasteiger partial charge is 0.389 e. The van der Waals surface area contributed by atoms with E-state index in [-0.39, 0.29) is 28.4 Å². The first kappa shape index (κ1) is 20.5. The number of ketones is 1. The van der Waals surface area contributed by atoms with Crippen LogP contribution in [0.5, 0.6) is 0 Å². The van der Waals surface area contributed by atoms with Crippen molar-refractivity contribution >= 4 is 16.2 Å². The lowest BCUT2D eigenvalue weighted by atomic mass is 9.45. The van der Waals surface area contributed by atoms with Gasteiger partial charge in [-0.15, -0.1) is 0 Å². The van der Waals surface area contributed by atoms with Gasteiger partial charge in [-0.2, -0.15) is 8.42 Å². The van der Waals surface area contributed by atoms with Crippen LogP contribution in [0, 0.1) is 28.6 Å². The van der Waals surface area contributed by atoms with Crippen molar-refractivity contribution in [2.75, 3.05) is 0 Å². The van der Waals surface area contributed by atoms with Crippen molar-refractivity contribution in [3.8, 4) is 0 Å². The highest BCUT2D eigenvalue weighted by Gasteiger charge is 2.66. The van der Waals surface area contributed by atoms with E-state index in [9.17, 15) is 18.3 Å². The minimum absolute atomic E-state index is 0.0597. The zero-order valence-corrected chi connectivity index (χ0v) is 17.8. The number of aliphatic hydroxyl groups is 1. The summed E-state index contributed by atoms with van der Waals surface area (Å²) in [6.07, 6.45) is 7.55. The summed E-state index contributed by atoms with van der Waals surface area (Å²) in [5.74, 6) is 0.583. The SMILES string of the molecule is CC(=O)C1CCC2(O)C3CC=C4CC(OS(=O)(=O)O)CCC4(C)C3CCC12C. The summed E-state index contributed by atoms with van der Waals surface area (Å²) in [5.41, 5.74) is -0.0682. The molecule has 0 saturated heterocycles. The number of carbonyl (C=O) groups excluding carboxylic acids is 1. The fraction of sp³-hybridized carbons (Fsp3) is 0.857. The summed E-state index contributed by atoms with van der Waals surface area (Å²) in [7, 11) is -4.45. The first-order valence-corrected chi connectivity index (χ1v) is 11.9. The molecule has 0 bridgehead atoms. The maximum absolute atomic E-state index is 12.2. The predicted molar refractivity (Wildman–Crippen MR) is 104 cm³/mol. The molecule has 6 nitrogen and oxygen atoms in total. The van der Waals surface area contributed by atoms with E-state index < -0.39 is 22.1 Å². The van der Waals surface area contributed by atoms with E-state index in [0.717, 1.165) is 32.1 Å². The summed E-state index contributed by atoms with van der Waals surface area (Å²) in [6.45, 7) is 6.01. The Balaban J connectivity index is 1.63. The van der Waals surface area contributed by atoms with E-state index in [0.29, 0.717) is 25.2 Å². The molecule has 7 heteroatoms. The molecule has 0 aromatic carbocycles. The van der Waals surface area contributed by atoms with E-state index in [1.54, 1.807) is 6.92 Å². The average molecular weight is 413 g/mol. The number of fused-ring (bicyclic) bond motifs is 5. The normalized spacial score (nSPS) is 48.2. The molecule has 7 atom stereocenters. The molecule has 0 amide bonds. The summed E-state index contributed by atoms with van der Waals surface area (Å²) in [4.78, 5) is 12.2. The Morgan fingerprint density at radius 2 is 1.86 bits per heavy atom. The molecule has 0 heterocycles. The van der Waals surface area contributed by atoms with E-state index in [4.69, 9.17) is 8.74 Å². The highest BCUT2D eigenvalue weighted by Crippen LogP contribution is 2.68. The van der Waals surface area contributed by atoms with Gasteiger partial charge in [-0.25, -0.2) is 4.18 Å². The molecule has 4 aliphatic carbocycles. The molecule has 0 aromatic rings. The van der Waals surface area contributed by atoms with Gasteiger partial charge in [-0.1, -0.05) is 25.5 Å². The Bertz CT molecular complexity index is 819. The largest absolute Gasteiger partial charge is 0.397 e. The predicted octanol–water partition coefficient (Wildman–Crippen LogP) is 3.46. The summed E-state index contributed by atoms with van der Waals surface area (Å²) in [5, 5.41) is 11.9. The minimum Gasteiger partial charge on any atom is -0.389 e. The molecule has 3 saturated carbocycles. The summed E-state index contributed by atoms with van der Waals surface area (Å²) >= 11 is 0. The Labute approximate surface area is 167 Å². The van der Waals surface area contributed by atoms with Crippen molar-refractivity contribution in [1.29, 1.82) is 0 Å². The second kappa shape index (κ2) is 6.37. The zero-order valence-electron chi connectivity index (χ0n) is 17.0. The lowest BCUT2D eigenvalue weighted by Crippen LogP contribution is -2.61. The maximum atomic E-state index is 12.2. The lowest BCUT2D eigenvalue weighted by molar-refractivity contribution is -0.181. The van der Waals surface area contributed by atoms with E-state index in [1.165, 1.54) is 5.57 Å². The molecule has 2 N–H and O–H groups in total. The van der Waals surface area contributed by atoms with Crippen LogP contribution >= 0.6 is 0 Å². The Morgan fingerprint density at radius 1 is 1.14 bits per heavy atom. The van der Waals surface area contributed by atoms with E-state index >= 15 is 0 Å². The minimum atomic E-state index is -4.45. The van der Waals surface area contributed by atoms with Crippen LogP contribution in [0.25, 0.3) is 0 Å². The molecule has 0 aliphatic heterocycles. The molecule has 4 aliphatic rings. The van der Waals surface area contributed by atoms with Crippen LogP contribution in [-0.4, -0.2) is 35.6 Å². The van der Waals surface area contributed by atoms with Crippen molar-refractivity contribution < 1.29 is 27.1 Å². The third kappa shape index (κ3) is 2.84. The Hall–Kier alpha value is -0.760. The number of rotatable bonds is 3. The number of carbonyl (C=O) groups is 1. The van der Waals surface area contributed by atoms with Gasteiger partial charge >= 0.3 is 10.4 Å². The molecular weight excluding hydrogens is 380 g/mol. The Morgan fingerprint density at radius 3 is 2.50 bits per heavy atom. The first-order chi connectivity index (χ1) is 12.9. The van der Waals surface area contributed by atoms with Gasteiger partial charge < -0.3 is 5.11 Å². The summed E-state index contributed by atoms with van der Waals surface area (Å²) in [6, 6.07) is 0. The van der Waals surface area contributed by atoms with Gasteiger partial charge in [-0.3, -0.25) is 9.35 Å². The van der Waals surface area contributed by atoms with Crippen molar-refractivity contribution in [3.05, 3.63) is 11.6 Å². The maximum Gasteiger partial charge on any atom is 0.397 e. The topological polar surface area (TPSA) is 101 Å². The van der Waals surface area contributed by atoms with E-state index in [2.05, 4.69) is 19.9 Å². The molecule has 0 aromatic heterocycles. The first-order valence-electron chi connectivity index (χ1n) is 10.5. The number of hydrogen-bond acceptors (Lipinski definition) is 5. The van der Waals surface area contributed by atoms with Crippen molar-refractivity contribution in [1.82, 2.24) is 0 Å². The third-order valence-corrected chi connectivity index (χ3v) is 9.51.